The Morgan fingerprint density at radius 1 is 1.12 bits per heavy atom. The van der Waals surface area contributed by atoms with Gasteiger partial charge in [0, 0.05) is 55.9 Å². The minimum absolute atomic E-state index is 0.121. The number of aromatic nitrogens is 1. The maximum atomic E-state index is 13.6. The Morgan fingerprint density at radius 2 is 1.81 bits per heavy atom. The van der Waals surface area contributed by atoms with Crippen molar-refractivity contribution < 1.29 is 31.9 Å². The lowest BCUT2D eigenvalue weighted by atomic mass is 9.88. The van der Waals surface area contributed by atoms with Crippen LogP contribution >= 0.6 is 0 Å². The topological polar surface area (TPSA) is 109 Å². The Morgan fingerprint density at radius 3 is 2.38 bits per heavy atom. The number of halogens is 4. The number of benzene rings is 2. The number of carbonyl (C=O) groups is 3. The van der Waals surface area contributed by atoms with Gasteiger partial charge in [0.05, 0.1) is 5.69 Å². The van der Waals surface area contributed by atoms with Gasteiger partial charge < -0.3 is 16.0 Å². The molecule has 1 aliphatic carbocycles. The van der Waals surface area contributed by atoms with Crippen LogP contribution in [0.3, 0.4) is 0 Å². The van der Waals surface area contributed by atoms with Crippen LogP contribution in [-0.2, 0) is 20.8 Å². The predicted octanol–water partition coefficient (Wildman–Crippen LogP) is 4.63. The van der Waals surface area contributed by atoms with Crippen molar-refractivity contribution in [3.63, 3.8) is 0 Å². The van der Waals surface area contributed by atoms with Crippen molar-refractivity contribution in [3.05, 3.63) is 84.1 Å². The lowest BCUT2D eigenvalue weighted by Gasteiger charge is -2.37. The molecular weight excluding hydrogens is 554 g/mol. The molecule has 5 rings (SSSR count). The third-order valence-electron chi connectivity index (χ3n) is 7.00. The van der Waals surface area contributed by atoms with E-state index in [1.165, 1.54) is 0 Å². The monoisotopic (exact) mass is 585 g/mol. The normalized spacial score (nSPS) is 16.6. The third kappa shape index (κ3) is 8.05. The van der Waals surface area contributed by atoms with E-state index in [0.717, 1.165) is 35.6 Å². The number of carbonyl (C=O) groups excluding carboxylic acids is 3. The summed E-state index contributed by atoms with van der Waals surface area (Å²) in [5.74, 6) is -4.44. The standard InChI is InChI=1S/C21H20F4N2O2.C9H11N3O/c22-15-8-16(23)10-18(9-15)27(13-28)19(7-6-14-4-2-1-3-5-14)20(29)26-17-11-21(24,25)12-17;10-7-3-4-11-8(6-7)12-5-1-2-9(12)13/h1-5,8-10,13,17,19H,6-7,11-12H2,(H,26,29);3-4,6H,1-2,5H2,(H2,10,11). The number of amides is 3. The molecule has 2 aromatic carbocycles. The van der Waals surface area contributed by atoms with Crippen LogP contribution in [0.25, 0.3) is 0 Å². The van der Waals surface area contributed by atoms with Crippen molar-refractivity contribution in [1.82, 2.24) is 10.3 Å². The highest BCUT2D eigenvalue weighted by Crippen LogP contribution is 2.37. The van der Waals surface area contributed by atoms with E-state index >= 15 is 0 Å². The van der Waals surface area contributed by atoms with Gasteiger partial charge in [-0.15, -0.1) is 0 Å². The number of nitrogen functional groups attached to an aromatic ring is 1. The molecule has 1 saturated heterocycles. The molecule has 1 unspecified atom stereocenters. The fourth-order valence-electron chi connectivity index (χ4n) is 4.88. The molecule has 3 amide bonds. The van der Waals surface area contributed by atoms with E-state index in [2.05, 4.69) is 10.3 Å². The van der Waals surface area contributed by atoms with Crippen molar-refractivity contribution in [2.75, 3.05) is 22.1 Å². The summed E-state index contributed by atoms with van der Waals surface area (Å²) >= 11 is 0. The molecular formula is C30H31F4N5O3. The summed E-state index contributed by atoms with van der Waals surface area (Å²) in [6, 6.07) is 13.3. The first-order valence-electron chi connectivity index (χ1n) is 13.5. The molecule has 1 atom stereocenters. The van der Waals surface area contributed by atoms with Crippen molar-refractivity contribution in [3.8, 4) is 0 Å². The Bertz CT molecular complexity index is 1380. The molecule has 0 bridgehead atoms. The second-order valence-corrected chi connectivity index (χ2v) is 10.2. The Hall–Kier alpha value is -4.48. The molecule has 1 saturated carbocycles. The van der Waals surface area contributed by atoms with Gasteiger partial charge in [-0.25, -0.2) is 22.5 Å². The number of pyridine rings is 1. The summed E-state index contributed by atoms with van der Waals surface area (Å²) in [5, 5.41) is 2.52. The molecule has 12 heteroatoms. The van der Waals surface area contributed by atoms with E-state index in [4.69, 9.17) is 5.73 Å². The minimum atomic E-state index is -2.81. The minimum Gasteiger partial charge on any atom is -0.399 e. The van der Waals surface area contributed by atoms with Gasteiger partial charge in [0.1, 0.15) is 23.5 Å². The highest BCUT2D eigenvalue weighted by Gasteiger charge is 2.46. The summed E-state index contributed by atoms with van der Waals surface area (Å²) in [7, 11) is 0. The largest absolute Gasteiger partial charge is 0.399 e. The quantitative estimate of drug-likeness (QED) is 0.281. The second-order valence-electron chi connectivity index (χ2n) is 10.2. The number of anilines is 3. The van der Waals surface area contributed by atoms with E-state index in [1.54, 1.807) is 23.2 Å². The average molecular weight is 586 g/mol. The number of hydrogen-bond acceptors (Lipinski definition) is 5. The number of rotatable bonds is 9. The lowest BCUT2D eigenvalue weighted by Crippen LogP contribution is -2.56. The highest BCUT2D eigenvalue weighted by atomic mass is 19.3. The van der Waals surface area contributed by atoms with Crippen LogP contribution in [0.15, 0.2) is 66.9 Å². The Labute approximate surface area is 240 Å². The molecule has 2 aliphatic rings. The average Bonchev–Trinajstić information content (AvgIpc) is 3.36. The van der Waals surface area contributed by atoms with Crippen LogP contribution < -0.4 is 20.9 Å². The summed E-state index contributed by atoms with van der Waals surface area (Å²) in [6.45, 7) is 0.759. The first-order valence-corrected chi connectivity index (χ1v) is 13.5. The van der Waals surface area contributed by atoms with Crippen LogP contribution in [-0.4, -0.2) is 47.8 Å². The van der Waals surface area contributed by atoms with Gasteiger partial charge >= 0.3 is 0 Å². The fourth-order valence-corrected chi connectivity index (χ4v) is 4.88. The van der Waals surface area contributed by atoms with Gasteiger partial charge in [0.15, 0.2) is 0 Å². The van der Waals surface area contributed by atoms with Crippen molar-refractivity contribution in [2.24, 2.45) is 0 Å². The van der Waals surface area contributed by atoms with Crippen LogP contribution in [0.5, 0.6) is 0 Å². The zero-order valence-corrected chi connectivity index (χ0v) is 22.7. The predicted molar refractivity (Wildman–Crippen MR) is 150 cm³/mol. The van der Waals surface area contributed by atoms with E-state index in [1.807, 2.05) is 30.3 Å². The molecule has 222 valence electrons. The zero-order chi connectivity index (χ0) is 30.3. The summed E-state index contributed by atoms with van der Waals surface area (Å²) in [6.07, 6.45) is 3.08. The zero-order valence-electron chi connectivity index (χ0n) is 22.7. The molecule has 2 fully saturated rings. The van der Waals surface area contributed by atoms with E-state index in [9.17, 15) is 31.9 Å². The number of aryl methyl sites for hydroxylation is 1. The van der Waals surface area contributed by atoms with Crippen LogP contribution in [0.1, 0.15) is 37.7 Å². The number of nitrogens with zero attached hydrogens (tertiary/aromatic N) is 3. The smallest absolute Gasteiger partial charge is 0.252 e. The molecule has 2 heterocycles. The number of alkyl halides is 2. The van der Waals surface area contributed by atoms with Crippen LogP contribution in [0.2, 0.25) is 0 Å². The first kappa shape index (κ1) is 30.5. The number of nitrogens with one attached hydrogen (secondary N) is 1. The maximum Gasteiger partial charge on any atom is 0.252 e. The van der Waals surface area contributed by atoms with Crippen LogP contribution in [0.4, 0.5) is 34.8 Å². The van der Waals surface area contributed by atoms with Gasteiger partial charge in [-0.1, -0.05) is 30.3 Å². The van der Waals surface area contributed by atoms with E-state index in [-0.39, 0.29) is 18.0 Å². The molecule has 3 aromatic rings. The lowest BCUT2D eigenvalue weighted by molar-refractivity contribution is -0.131. The van der Waals surface area contributed by atoms with Gasteiger partial charge in [-0.05, 0) is 43.0 Å². The van der Waals surface area contributed by atoms with E-state index < -0.39 is 48.4 Å². The van der Waals surface area contributed by atoms with Gasteiger partial charge in [0.25, 0.3) is 5.92 Å². The molecule has 3 N–H and O–H groups in total. The summed E-state index contributed by atoms with van der Waals surface area (Å²) in [5.41, 5.74) is 7.02. The van der Waals surface area contributed by atoms with Crippen molar-refractivity contribution in [1.29, 1.82) is 0 Å². The summed E-state index contributed by atoms with van der Waals surface area (Å²) < 4.78 is 53.4. The van der Waals surface area contributed by atoms with Crippen LogP contribution in [0, 0.1) is 11.6 Å². The summed E-state index contributed by atoms with van der Waals surface area (Å²) in [4.78, 5) is 42.6. The molecule has 42 heavy (non-hydrogen) atoms. The van der Waals surface area contributed by atoms with Gasteiger partial charge in [-0.3, -0.25) is 19.3 Å². The molecule has 1 aromatic heterocycles. The maximum absolute atomic E-state index is 13.6. The molecule has 1 aliphatic heterocycles. The van der Waals surface area contributed by atoms with Crippen molar-refractivity contribution in [2.45, 2.75) is 56.5 Å². The van der Waals surface area contributed by atoms with E-state index in [0.29, 0.717) is 36.8 Å². The van der Waals surface area contributed by atoms with Gasteiger partial charge in [-0.2, -0.15) is 0 Å². The molecule has 0 radical (unpaired) electrons. The Kier molecular flexibility index (Phi) is 9.76. The highest BCUT2D eigenvalue weighted by molar-refractivity contribution is 5.94. The second kappa shape index (κ2) is 13.5. The third-order valence-corrected chi connectivity index (χ3v) is 7.00. The first-order chi connectivity index (χ1) is 20.0. The molecule has 0 spiro atoms. The van der Waals surface area contributed by atoms with Crippen molar-refractivity contribution >= 4 is 35.4 Å². The fraction of sp³-hybridized carbons (Fsp3) is 0.333. The Balaban J connectivity index is 0.000000258. The van der Waals surface area contributed by atoms with Gasteiger partial charge in [0.2, 0.25) is 18.2 Å². The SMILES string of the molecule is Nc1ccnc(N2CCCC2=O)c1.O=CN(c1cc(F)cc(F)c1)C(CCc1ccccc1)C(=O)NC1CC(F)(F)C1. The number of nitrogens with two attached hydrogens (primary N) is 1. The molecule has 8 nitrogen and oxygen atoms in total. The number of hydrogen-bond donors (Lipinski definition) is 2.